The normalized spacial score (nSPS) is 11.2. The number of benzene rings is 2. The number of carbonyl (C=O) groups is 1. The molecule has 0 heterocycles. The van der Waals surface area contributed by atoms with Crippen LogP contribution >= 0.6 is 11.6 Å². The van der Waals surface area contributed by atoms with E-state index in [9.17, 15) is 13.2 Å². The number of aryl methyl sites for hydroxylation is 1. The average molecular weight is 340 g/mol. The number of hydrogen-bond donors (Lipinski definition) is 2. The molecule has 2 aromatic carbocycles. The monoisotopic (exact) mass is 339 g/mol. The fourth-order valence-corrected chi connectivity index (χ4v) is 3.63. The maximum atomic E-state index is 12.5. The highest BCUT2D eigenvalue weighted by atomic mass is 35.5. The molecule has 0 aliphatic rings. The summed E-state index contributed by atoms with van der Waals surface area (Å²) >= 11 is 5.95. The van der Waals surface area contributed by atoms with Gasteiger partial charge in [0.05, 0.1) is 21.2 Å². The number of rotatable bonds is 5. The summed E-state index contributed by atoms with van der Waals surface area (Å²) in [6, 6.07) is 10.5. The molecule has 2 rings (SSSR count). The maximum Gasteiger partial charge on any atom is 0.335 e. The van der Waals surface area contributed by atoms with E-state index < -0.39 is 16.0 Å². The van der Waals surface area contributed by atoms with E-state index in [0.717, 1.165) is 6.07 Å². The Hall–Kier alpha value is -2.05. The van der Waals surface area contributed by atoms with Gasteiger partial charge in [-0.25, -0.2) is 13.2 Å². The Morgan fingerprint density at radius 1 is 1.23 bits per heavy atom. The van der Waals surface area contributed by atoms with E-state index in [2.05, 4.69) is 4.72 Å². The Morgan fingerprint density at radius 3 is 2.50 bits per heavy atom. The lowest BCUT2D eigenvalue weighted by Gasteiger charge is -2.13. The number of carboxylic acid groups (broad SMARTS) is 1. The second-order valence-electron chi connectivity index (χ2n) is 4.57. The van der Waals surface area contributed by atoms with Crippen LogP contribution in [-0.4, -0.2) is 19.5 Å². The molecule has 5 nitrogen and oxygen atoms in total. The highest BCUT2D eigenvalue weighted by molar-refractivity contribution is 7.92. The zero-order valence-electron chi connectivity index (χ0n) is 11.7. The van der Waals surface area contributed by atoms with Crippen molar-refractivity contribution in [2.45, 2.75) is 18.2 Å². The van der Waals surface area contributed by atoms with Crippen LogP contribution in [0.5, 0.6) is 0 Å². The molecule has 0 spiro atoms. The summed E-state index contributed by atoms with van der Waals surface area (Å²) in [5.74, 6) is -1.18. The van der Waals surface area contributed by atoms with Gasteiger partial charge in [0.15, 0.2) is 0 Å². The van der Waals surface area contributed by atoms with Crippen molar-refractivity contribution in [2.75, 3.05) is 4.72 Å². The molecule has 2 aromatic rings. The first-order chi connectivity index (χ1) is 10.3. The Morgan fingerprint density at radius 2 is 1.91 bits per heavy atom. The Bertz CT molecular complexity index is 818. The van der Waals surface area contributed by atoms with Crippen LogP contribution in [0.2, 0.25) is 5.02 Å². The number of aromatic carboxylic acids is 1. The van der Waals surface area contributed by atoms with E-state index in [4.69, 9.17) is 16.7 Å². The minimum absolute atomic E-state index is 0.0604. The van der Waals surface area contributed by atoms with E-state index in [-0.39, 0.29) is 21.2 Å². The van der Waals surface area contributed by atoms with Crippen molar-refractivity contribution in [3.05, 3.63) is 58.6 Å². The van der Waals surface area contributed by atoms with Crippen molar-refractivity contribution in [2.24, 2.45) is 0 Å². The molecule has 22 heavy (non-hydrogen) atoms. The molecular formula is C15H14ClNO4S. The first-order valence-electron chi connectivity index (χ1n) is 6.48. The molecule has 0 atom stereocenters. The summed E-state index contributed by atoms with van der Waals surface area (Å²) in [6.45, 7) is 1.80. The topological polar surface area (TPSA) is 83.5 Å². The van der Waals surface area contributed by atoms with Crippen molar-refractivity contribution in [3.63, 3.8) is 0 Å². The molecule has 0 unspecified atom stereocenters. The van der Waals surface area contributed by atoms with E-state index in [1.807, 2.05) is 0 Å². The summed E-state index contributed by atoms with van der Waals surface area (Å²) in [5.41, 5.74) is 0.688. The maximum absolute atomic E-state index is 12.5. The van der Waals surface area contributed by atoms with Crippen LogP contribution in [0.15, 0.2) is 47.4 Å². The molecule has 0 aromatic heterocycles. The van der Waals surface area contributed by atoms with E-state index in [0.29, 0.717) is 12.0 Å². The van der Waals surface area contributed by atoms with Gasteiger partial charge in [-0.15, -0.1) is 0 Å². The standard InChI is InChI=1S/C15H14ClNO4S/c1-2-10-7-8-11(15(18)19)9-14(10)22(20,21)17-13-6-4-3-5-12(13)16/h3-9,17H,2H2,1H3,(H,18,19). The average Bonchev–Trinajstić information content (AvgIpc) is 2.48. The first kappa shape index (κ1) is 16.3. The van der Waals surface area contributed by atoms with Crippen LogP contribution in [-0.2, 0) is 16.4 Å². The smallest absolute Gasteiger partial charge is 0.335 e. The van der Waals surface area contributed by atoms with Gasteiger partial charge in [0.25, 0.3) is 10.0 Å². The lowest BCUT2D eigenvalue weighted by atomic mass is 10.1. The Kier molecular flexibility index (Phi) is 4.73. The van der Waals surface area contributed by atoms with Gasteiger partial charge in [-0.05, 0) is 36.2 Å². The van der Waals surface area contributed by atoms with Gasteiger partial charge in [0.1, 0.15) is 0 Å². The highest BCUT2D eigenvalue weighted by Gasteiger charge is 2.21. The largest absolute Gasteiger partial charge is 0.478 e. The van der Waals surface area contributed by atoms with Gasteiger partial charge in [0, 0.05) is 0 Å². The number of halogens is 1. The molecule has 0 radical (unpaired) electrons. The number of para-hydroxylation sites is 1. The molecule has 0 bridgehead atoms. The molecule has 0 aliphatic carbocycles. The van der Waals surface area contributed by atoms with Crippen molar-refractivity contribution >= 4 is 33.3 Å². The van der Waals surface area contributed by atoms with Crippen molar-refractivity contribution < 1.29 is 18.3 Å². The number of anilines is 1. The molecule has 0 amide bonds. The molecular weight excluding hydrogens is 326 g/mol. The second kappa shape index (κ2) is 6.37. The minimum atomic E-state index is -3.93. The molecule has 7 heteroatoms. The van der Waals surface area contributed by atoms with Gasteiger partial charge in [-0.3, -0.25) is 4.72 Å². The summed E-state index contributed by atoms with van der Waals surface area (Å²) in [6.07, 6.45) is 0.457. The van der Waals surface area contributed by atoms with Gasteiger partial charge in [0.2, 0.25) is 0 Å². The third kappa shape index (κ3) is 3.40. The van der Waals surface area contributed by atoms with Gasteiger partial charge in [-0.1, -0.05) is 36.7 Å². The van der Waals surface area contributed by atoms with Gasteiger partial charge in [-0.2, -0.15) is 0 Å². The lowest BCUT2D eigenvalue weighted by molar-refractivity contribution is 0.0696. The fourth-order valence-electron chi connectivity index (χ4n) is 1.97. The van der Waals surface area contributed by atoms with Crippen LogP contribution < -0.4 is 4.72 Å². The van der Waals surface area contributed by atoms with Crippen LogP contribution in [0.25, 0.3) is 0 Å². The van der Waals surface area contributed by atoms with Crippen molar-refractivity contribution in [1.82, 2.24) is 0 Å². The van der Waals surface area contributed by atoms with Gasteiger partial charge < -0.3 is 5.11 Å². The van der Waals surface area contributed by atoms with Crippen LogP contribution in [0, 0.1) is 0 Å². The Balaban J connectivity index is 2.51. The SMILES string of the molecule is CCc1ccc(C(=O)O)cc1S(=O)(=O)Nc1ccccc1Cl. The van der Waals surface area contributed by atoms with Crippen molar-refractivity contribution in [3.8, 4) is 0 Å². The van der Waals surface area contributed by atoms with E-state index in [1.165, 1.54) is 18.2 Å². The highest BCUT2D eigenvalue weighted by Crippen LogP contribution is 2.26. The second-order valence-corrected chi connectivity index (χ2v) is 6.62. The van der Waals surface area contributed by atoms with Gasteiger partial charge >= 0.3 is 5.97 Å². The number of hydrogen-bond acceptors (Lipinski definition) is 3. The molecule has 0 saturated carbocycles. The van der Waals surface area contributed by atoms with Crippen LogP contribution in [0.4, 0.5) is 5.69 Å². The molecule has 0 fully saturated rings. The zero-order chi connectivity index (χ0) is 16.3. The number of sulfonamides is 1. The third-order valence-electron chi connectivity index (χ3n) is 3.10. The predicted octanol–water partition coefficient (Wildman–Crippen LogP) is 3.40. The van der Waals surface area contributed by atoms with Crippen LogP contribution in [0.3, 0.4) is 0 Å². The molecule has 0 aliphatic heterocycles. The lowest BCUT2D eigenvalue weighted by Crippen LogP contribution is -2.16. The van der Waals surface area contributed by atoms with E-state index >= 15 is 0 Å². The zero-order valence-corrected chi connectivity index (χ0v) is 13.3. The molecule has 0 saturated heterocycles. The van der Waals surface area contributed by atoms with Crippen LogP contribution in [0.1, 0.15) is 22.8 Å². The Labute approximate surface area is 133 Å². The third-order valence-corrected chi connectivity index (χ3v) is 4.88. The summed E-state index contributed by atoms with van der Waals surface area (Å²) in [4.78, 5) is 11.0. The first-order valence-corrected chi connectivity index (χ1v) is 8.35. The summed E-state index contributed by atoms with van der Waals surface area (Å²) < 4.78 is 27.5. The molecule has 116 valence electrons. The number of nitrogens with one attached hydrogen (secondary N) is 1. The molecule has 2 N–H and O–H groups in total. The fraction of sp³-hybridized carbons (Fsp3) is 0.133. The van der Waals surface area contributed by atoms with Crippen molar-refractivity contribution in [1.29, 1.82) is 0 Å². The summed E-state index contributed by atoms with van der Waals surface area (Å²) in [7, 11) is -3.93. The van der Waals surface area contributed by atoms with E-state index in [1.54, 1.807) is 25.1 Å². The minimum Gasteiger partial charge on any atom is -0.478 e. The summed E-state index contributed by atoms with van der Waals surface area (Å²) in [5, 5.41) is 9.30. The predicted molar refractivity (Wildman–Crippen MR) is 85.0 cm³/mol. The quantitative estimate of drug-likeness (QED) is 0.874. The number of carboxylic acids is 1.